The van der Waals surface area contributed by atoms with Gasteiger partial charge in [0.1, 0.15) is 29.8 Å². The SMILES string of the molecule is COC(=O)N1c2ccc3c(nc(CCn4cccn4)n3CC(=O)N3CC[C@H](C(N)=O)C3)c2CC[C@@H]1C.COC(=O)N1c2ccc3c(nc(CN4CCc5ccccc5C4=O)n3[C@@H]3CCC[C@@H](C(C)=O)C3)c2CC[C@@H]1C.COC(=O)N1c2ccc3c(nc(Cc4ccccc4)n3[C@@H]3CC[C@H]4CNC[C@H]43)c2CC[C@@H]1C. The molecule has 4 fully saturated rings. The largest absolute Gasteiger partial charge is 0.452 e. The Hall–Kier alpha value is -10.4. The van der Waals surface area contributed by atoms with E-state index in [9.17, 15) is 33.6 Å². The fourth-order valence-electron chi connectivity index (χ4n) is 18.8. The van der Waals surface area contributed by atoms with Gasteiger partial charge in [0, 0.05) is 116 Å². The molecule has 25 nitrogen and oxygen atoms in total. The number of carbonyl (C=O) groups excluding carboxylic acids is 7. The second-order valence-corrected chi connectivity index (χ2v) is 30.8. The van der Waals surface area contributed by atoms with Gasteiger partial charge < -0.3 is 48.8 Å². The van der Waals surface area contributed by atoms with Gasteiger partial charge in [-0.1, -0.05) is 55.0 Å². The molecule has 0 radical (unpaired) electrons. The Labute approximate surface area is 629 Å². The lowest BCUT2D eigenvalue weighted by Gasteiger charge is -2.34. The fourth-order valence-corrected chi connectivity index (χ4v) is 18.8. The Morgan fingerprint density at radius 2 is 1.19 bits per heavy atom. The molecule has 0 spiro atoms. The number of nitrogens with two attached hydrogens (primary N) is 1. The zero-order chi connectivity index (χ0) is 75.2. The maximum atomic E-state index is 13.5. The molecule has 25 heteroatoms. The number of Topliss-reactive ketones (excluding diaryl/α,β-unsaturated/α-hetero) is 1. The van der Waals surface area contributed by atoms with E-state index in [-0.39, 0.29) is 78.2 Å². The van der Waals surface area contributed by atoms with Gasteiger partial charge in [-0.15, -0.1) is 0 Å². The number of ketones is 1. The molecule has 9 aromatic rings. The summed E-state index contributed by atoms with van der Waals surface area (Å²) in [6.45, 7) is 12.7. The van der Waals surface area contributed by atoms with Crippen molar-refractivity contribution in [2.45, 2.75) is 180 Å². The van der Waals surface area contributed by atoms with Crippen molar-refractivity contribution in [1.29, 1.82) is 0 Å². The van der Waals surface area contributed by atoms with Crippen molar-refractivity contribution in [3.63, 3.8) is 0 Å². The summed E-state index contributed by atoms with van der Waals surface area (Å²) in [6, 6.07) is 33.4. The summed E-state index contributed by atoms with van der Waals surface area (Å²) in [5, 5.41) is 7.90. The van der Waals surface area contributed by atoms with Crippen LogP contribution in [0.3, 0.4) is 0 Å². The van der Waals surface area contributed by atoms with E-state index in [0.29, 0.717) is 57.5 Å². The average molecular weight is 1470 g/mol. The molecule has 2 saturated carbocycles. The minimum absolute atomic E-state index is 0.0127. The molecule has 2 aliphatic carbocycles. The first-order valence-electron chi connectivity index (χ1n) is 38.7. The van der Waals surface area contributed by atoms with Gasteiger partial charge in [-0.3, -0.25) is 38.6 Å². The first kappa shape index (κ1) is 73.1. The molecular weight excluding hydrogens is 1370 g/mol. The van der Waals surface area contributed by atoms with Crippen LogP contribution in [-0.4, -0.2) is 162 Å². The zero-order valence-electron chi connectivity index (χ0n) is 63.0. The summed E-state index contributed by atoms with van der Waals surface area (Å²) in [5.41, 5.74) is 20.2. The number of anilines is 3. The standard InChI is InChI=1S/C31H36N4O4.C27H32N4O2.C25H31N7O4/c1-19-11-12-25-26(34(19)31(38)39-3)13-14-27-29(25)32-28(35(27)23-9-6-8-22(17-23)20(2)36)18-33-16-15-21-7-4-5-10-24(21)30(33)37;1-17-8-10-20-22(30(17)27(32)33-2)12-13-24-26(20)29-25(14-18-6-4-3-5-7-18)31(24)23-11-9-19-15-28-16-21(19)23;1-16-4-5-18-19(32(16)25(35)36-2)6-7-20-23(18)28-21(9-13-30-11-3-10-27-30)31(20)15-22(33)29-12-8-17(14-29)24(26)34/h4-5,7,10,13-14,19,22-23H,6,8-9,11-12,15-18H2,1-3H3;3-7,12-13,17,19,21,23,28H,8-11,14-16H2,1-2H3;3,6-7,10-11,16-17H,4-5,8-9,12-15H2,1-2H3,(H2,26,34)/t19-,22+,23+;17-,19-,21+,23+;16-,17-/m000/s1. The number of carbonyl (C=O) groups is 7. The molecule has 10 heterocycles. The molecule has 108 heavy (non-hydrogen) atoms. The number of hydrogen-bond donors (Lipinski definition) is 2. The number of imidazole rings is 3. The molecule has 4 aromatic heterocycles. The summed E-state index contributed by atoms with van der Waals surface area (Å²) >= 11 is 0. The highest BCUT2D eigenvalue weighted by molar-refractivity contribution is 5.99. The number of amides is 6. The van der Waals surface area contributed by atoms with E-state index in [1.807, 2.05) is 82.7 Å². The van der Waals surface area contributed by atoms with Crippen molar-refractivity contribution < 1.29 is 47.8 Å². The number of hydrogen-bond acceptors (Lipinski definition) is 15. The summed E-state index contributed by atoms with van der Waals surface area (Å²) in [6.07, 6.45) is 16.6. The highest BCUT2D eigenvalue weighted by Crippen LogP contribution is 2.47. The smallest absolute Gasteiger partial charge is 0.414 e. The van der Waals surface area contributed by atoms with Gasteiger partial charge in [-0.05, 0) is 189 Å². The Bertz CT molecular complexity index is 4910. The van der Waals surface area contributed by atoms with Gasteiger partial charge >= 0.3 is 18.3 Å². The lowest BCUT2D eigenvalue weighted by atomic mass is 9.83. The van der Waals surface area contributed by atoms with Crippen LogP contribution in [0.15, 0.2) is 109 Å². The predicted molar refractivity (Wildman–Crippen MR) is 411 cm³/mol. The Balaban J connectivity index is 0.000000130. The Morgan fingerprint density at radius 1 is 0.593 bits per heavy atom. The minimum atomic E-state index is -0.394. The number of rotatable bonds is 13. The maximum Gasteiger partial charge on any atom is 0.414 e. The van der Waals surface area contributed by atoms with Gasteiger partial charge in [0.15, 0.2) is 0 Å². The Kier molecular flexibility index (Phi) is 21.0. The van der Waals surface area contributed by atoms with Gasteiger partial charge in [0.05, 0.1) is 84.0 Å². The monoisotopic (exact) mass is 1470 g/mol. The number of fused-ring (bicyclic) bond motifs is 11. The number of benzene rings is 5. The molecule has 566 valence electrons. The van der Waals surface area contributed by atoms with E-state index >= 15 is 0 Å². The van der Waals surface area contributed by atoms with Gasteiger partial charge in [-0.25, -0.2) is 29.3 Å². The first-order chi connectivity index (χ1) is 52.4. The lowest BCUT2D eigenvalue weighted by molar-refractivity contribution is -0.131. The molecule has 6 aliphatic heterocycles. The molecule has 3 N–H and O–H groups in total. The quantitative estimate of drug-likeness (QED) is 0.102. The third kappa shape index (κ3) is 13.9. The van der Waals surface area contributed by atoms with E-state index < -0.39 is 6.09 Å². The number of likely N-dealkylation sites (tertiary alicyclic amines) is 1. The number of methoxy groups -OCH3 is 3. The van der Waals surface area contributed by atoms with E-state index in [1.54, 1.807) is 32.7 Å². The highest BCUT2D eigenvalue weighted by atomic mass is 16.6. The topological polar surface area (TPSA) is 273 Å². The van der Waals surface area contributed by atoms with Crippen molar-refractivity contribution in [1.82, 2.24) is 53.6 Å². The summed E-state index contributed by atoms with van der Waals surface area (Å²) in [4.78, 5) is 113. The van der Waals surface area contributed by atoms with Crippen LogP contribution in [0.25, 0.3) is 33.1 Å². The van der Waals surface area contributed by atoms with E-state index in [2.05, 4.69) is 75.0 Å². The van der Waals surface area contributed by atoms with Crippen LogP contribution < -0.4 is 25.8 Å². The van der Waals surface area contributed by atoms with Crippen molar-refractivity contribution in [2.75, 3.05) is 68.8 Å². The first-order valence-corrected chi connectivity index (χ1v) is 38.7. The molecule has 9 atom stereocenters. The molecule has 0 bridgehead atoms. The summed E-state index contributed by atoms with van der Waals surface area (Å²) in [7, 11) is 4.26. The molecule has 17 rings (SSSR count). The molecule has 6 amide bonds. The van der Waals surface area contributed by atoms with Crippen LogP contribution in [0.2, 0.25) is 0 Å². The van der Waals surface area contributed by atoms with E-state index in [0.717, 1.165) is 180 Å². The number of nitrogens with one attached hydrogen (secondary N) is 1. The van der Waals surface area contributed by atoms with Crippen LogP contribution in [0.5, 0.6) is 0 Å². The van der Waals surface area contributed by atoms with Crippen LogP contribution in [0, 0.1) is 23.7 Å². The second kappa shape index (κ2) is 31.0. The van der Waals surface area contributed by atoms with Crippen molar-refractivity contribution in [3.05, 3.63) is 160 Å². The Morgan fingerprint density at radius 3 is 1.79 bits per heavy atom. The van der Waals surface area contributed by atoms with Gasteiger partial charge in [0.25, 0.3) is 5.91 Å². The fraction of sp³-hybridized carbons (Fsp3) is 0.482. The number of aryl methyl sites for hydroxylation is 5. The summed E-state index contributed by atoms with van der Waals surface area (Å²) in [5.74, 6) is 3.80. The molecule has 2 saturated heterocycles. The van der Waals surface area contributed by atoms with Crippen molar-refractivity contribution in [2.24, 2.45) is 29.4 Å². The zero-order valence-corrected chi connectivity index (χ0v) is 63.0. The second-order valence-electron chi connectivity index (χ2n) is 30.8. The van der Waals surface area contributed by atoms with Gasteiger partial charge in [-0.2, -0.15) is 5.10 Å². The van der Waals surface area contributed by atoms with Gasteiger partial charge in [0.2, 0.25) is 11.8 Å². The number of primary amides is 1. The molecule has 8 aliphatic rings. The molecule has 0 unspecified atom stereocenters. The lowest BCUT2D eigenvalue weighted by Crippen LogP contribution is -2.42. The number of aromatic nitrogens is 8. The summed E-state index contributed by atoms with van der Waals surface area (Å²) < 4.78 is 23.9. The molecule has 5 aromatic carbocycles. The number of ether oxygens (including phenoxy) is 3. The van der Waals surface area contributed by atoms with Crippen molar-refractivity contribution in [3.8, 4) is 0 Å². The van der Waals surface area contributed by atoms with Crippen LogP contribution in [0.4, 0.5) is 31.4 Å². The van der Waals surface area contributed by atoms with Crippen LogP contribution in [0.1, 0.15) is 160 Å². The van der Waals surface area contributed by atoms with E-state index in [4.69, 9.17) is 34.9 Å². The minimum Gasteiger partial charge on any atom is -0.452 e. The average Bonchev–Trinajstić information content (AvgIpc) is 1.57. The van der Waals surface area contributed by atoms with Crippen LogP contribution in [-0.2, 0) is 86.8 Å². The van der Waals surface area contributed by atoms with E-state index in [1.165, 1.54) is 50.8 Å². The number of nitrogens with zero attached hydrogens (tertiary/aromatic N) is 13. The highest BCUT2D eigenvalue weighted by Gasteiger charge is 2.43. The molecular formula is C83H99N15O10. The van der Waals surface area contributed by atoms with Crippen LogP contribution >= 0.6 is 0 Å². The maximum absolute atomic E-state index is 13.5. The predicted octanol–water partition coefficient (Wildman–Crippen LogP) is 11.9. The third-order valence-electron chi connectivity index (χ3n) is 24.5. The third-order valence-corrected chi connectivity index (χ3v) is 24.5. The normalized spacial score (nSPS) is 22.9. The van der Waals surface area contributed by atoms with Crippen molar-refractivity contribution >= 4 is 91.9 Å².